The summed E-state index contributed by atoms with van der Waals surface area (Å²) in [5.41, 5.74) is 2.45. The minimum absolute atomic E-state index is 0.0960. The minimum atomic E-state index is -0.814. The van der Waals surface area contributed by atoms with E-state index in [1.807, 2.05) is 0 Å². The van der Waals surface area contributed by atoms with Crippen LogP contribution in [0.2, 0.25) is 0 Å². The lowest BCUT2D eigenvalue weighted by Gasteiger charge is -2.15. The van der Waals surface area contributed by atoms with Crippen molar-refractivity contribution in [2.75, 3.05) is 14.2 Å². The topological polar surface area (TPSA) is 111 Å². The largest absolute Gasteiger partial charge is 0.493 e. The zero-order valence-electron chi connectivity index (χ0n) is 15.8. The van der Waals surface area contributed by atoms with Gasteiger partial charge in [0.2, 0.25) is 0 Å². The van der Waals surface area contributed by atoms with Crippen molar-refractivity contribution in [2.45, 2.75) is 0 Å². The van der Waals surface area contributed by atoms with Crippen molar-refractivity contribution in [3.8, 4) is 11.5 Å². The van der Waals surface area contributed by atoms with Crippen molar-refractivity contribution in [2.24, 2.45) is 0 Å². The molecule has 1 heterocycles. The molecule has 1 aliphatic heterocycles. The number of hydrazine groups is 1. The zero-order valence-corrected chi connectivity index (χ0v) is 17.4. The molecule has 11 heteroatoms. The van der Waals surface area contributed by atoms with Crippen LogP contribution in [0.15, 0.2) is 47.4 Å². The second-order valence-electron chi connectivity index (χ2n) is 5.85. The first-order valence-electron chi connectivity index (χ1n) is 8.40. The van der Waals surface area contributed by atoms with Gasteiger partial charge in [-0.3, -0.25) is 25.1 Å². The van der Waals surface area contributed by atoms with Crippen LogP contribution in [0.25, 0.3) is 6.08 Å². The molecule has 2 amide bonds. The molecule has 2 aromatic rings. The molecule has 1 aliphatic rings. The molecule has 9 nitrogen and oxygen atoms in total. The summed E-state index contributed by atoms with van der Waals surface area (Å²) in [6.45, 7) is 0. The summed E-state index contributed by atoms with van der Waals surface area (Å²) in [4.78, 5) is 36.0. The van der Waals surface area contributed by atoms with E-state index in [9.17, 15) is 19.7 Å². The Morgan fingerprint density at radius 2 is 1.90 bits per heavy atom. The van der Waals surface area contributed by atoms with Crippen molar-refractivity contribution in [1.29, 1.82) is 0 Å². The Kier molecular flexibility index (Phi) is 6.33. The van der Waals surface area contributed by atoms with Gasteiger partial charge in [-0.15, -0.1) is 0 Å². The van der Waals surface area contributed by atoms with E-state index < -0.39 is 16.7 Å². The number of nitrogens with zero attached hydrogens (tertiary/aromatic N) is 2. The van der Waals surface area contributed by atoms with Crippen LogP contribution in [0, 0.1) is 10.1 Å². The third kappa shape index (κ3) is 4.26. The van der Waals surface area contributed by atoms with Gasteiger partial charge in [-0.2, -0.15) is 5.01 Å². The quantitative estimate of drug-likeness (QED) is 0.312. The van der Waals surface area contributed by atoms with Crippen LogP contribution >= 0.6 is 24.0 Å². The van der Waals surface area contributed by atoms with Crippen molar-refractivity contribution >= 4 is 51.9 Å². The van der Waals surface area contributed by atoms with Gasteiger partial charge in [0.15, 0.2) is 15.8 Å². The molecule has 0 aliphatic carbocycles. The van der Waals surface area contributed by atoms with E-state index in [-0.39, 0.29) is 20.5 Å². The highest BCUT2D eigenvalue weighted by Crippen LogP contribution is 2.34. The zero-order chi connectivity index (χ0) is 21.8. The van der Waals surface area contributed by atoms with Crippen molar-refractivity contribution in [3.05, 3.63) is 68.6 Å². The van der Waals surface area contributed by atoms with Crippen molar-refractivity contribution in [1.82, 2.24) is 10.4 Å². The number of nitrogens with one attached hydrogen (secondary N) is 1. The molecule has 3 rings (SSSR count). The minimum Gasteiger partial charge on any atom is -0.493 e. The van der Waals surface area contributed by atoms with Gasteiger partial charge in [0.1, 0.15) is 5.56 Å². The number of benzene rings is 2. The fraction of sp³-hybridized carbons (Fsp3) is 0.105. The number of nitro groups is 1. The second-order valence-corrected chi connectivity index (χ2v) is 7.52. The molecule has 2 aromatic carbocycles. The molecule has 30 heavy (non-hydrogen) atoms. The van der Waals surface area contributed by atoms with Crippen LogP contribution in [0.3, 0.4) is 0 Å². The first-order valence-corrected chi connectivity index (χ1v) is 9.62. The van der Waals surface area contributed by atoms with Gasteiger partial charge >= 0.3 is 0 Å². The molecule has 0 saturated carbocycles. The number of amides is 2. The molecule has 0 radical (unpaired) electrons. The Labute approximate surface area is 180 Å². The number of ether oxygens (including phenoxy) is 2. The number of carbonyl (C=O) groups is 2. The smallest absolute Gasteiger partial charge is 0.285 e. The molecular weight excluding hydrogens is 430 g/mol. The molecule has 0 atom stereocenters. The van der Waals surface area contributed by atoms with E-state index in [0.29, 0.717) is 17.1 Å². The average molecular weight is 445 g/mol. The van der Waals surface area contributed by atoms with Crippen LogP contribution in [-0.2, 0) is 4.79 Å². The molecule has 0 unspecified atom stereocenters. The molecule has 0 bridgehead atoms. The van der Waals surface area contributed by atoms with Gasteiger partial charge in [-0.1, -0.05) is 30.0 Å². The third-order valence-corrected chi connectivity index (χ3v) is 5.36. The Balaban J connectivity index is 1.83. The van der Waals surface area contributed by atoms with E-state index in [4.69, 9.17) is 21.7 Å². The molecule has 0 aromatic heterocycles. The van der Waals surface area contributed by atoms with Gasteiger partial charge < -0.3 is 9.47 Å². The lowest BCUT2D eigenvalue weighted by Crippen LogP contribution is -2.45. The molecule has 0 spiro atoms. The standard InChI is InChI=1S/C19H15N3O6S2/c1-27-14-8-7-11(9-15(14)28-2)10-16-18(24)21(19(29)30-16)20-17(23)12-5-3-4-6-13(12)22(25)26/h3-10H,1-2H3,(H,20,23)/b16-10+. The third-order valence-electron chi connectivity index (χ3n) is 4.06. The summed E-state index contributed by atoms with van der Waals surface area (Å²) < 4.78 is 10.5. The average Bonchev–Trinajstić information content (AvgIpc) is 3.00. The summed E-state index contributed by atoms with van der Waals surface area (Å²) in [5, 5.41) is 12.0. The fourth-order valence-corrected chi connectivity index (χ4v) is 3.82. The van der Waals surface area contributed by atoms with Gasteiger partial charge in [0.05, 0.1) is 24.0 Å². The van der Waals surface area contributed by atoms with E-state index >= 15 is 0 Å². The van der Waals surface area contributed by atoms with Crippen molar-refractivity contribution in [3.63, 3.8) is 0 Å². The lowest BCUT2D eigenvalue weighted by molar-refractivity contribution is -0.385. The van der Waals surface area contributed by atoms with Gasteiger partial charge in [0, 0.05) is 6.07 Å². The Morgan fingerprint density at radius 1 is 1.20 bits per heavy atom. The first kappa shape index (κ1) is 21.3. The number of hydrogen-bond donors (Lipinski definition) is 1. The van der Waals surface area contributed by atoms with E-state index in [1.54, 1.807) is 24.3 Å². The summed E-state index contributed by atoms with van der Waals surface area (Å²) in [6.07, 6.45) is 1.60. The maximum absolute atomic E-state index is 12.7. The van der Waals surface area contributed by atoms with Crippen molar-refractivity contribution < 1.29 is 24.0 Å². The number of hydrogen-bond acceptors (Lipinski definition) is 8. The van der Waals surface area contributed by atoms with Crippen LogP contribution < -0.4 is 14.9 Å². The molecule has 1 saturated heterocycles. The summed E-state index contributed by atoms with van der Waals surface area (Å²) >= 11 is 6.18. The van der Waals surface area contributed by atoms with Crippen LogP contribution in [0.4, 0.5) is 5.69 Å². The predicted molar refractivity (Wildman–Crippen MR) is 115 cm³/mol. The molecule has 1 N–H and O–H groups in total. The number of rotatable bonds is 6. The molecule has 1 fully saturated rings. The lowest BCUT2D eigenvalue weighted by atomic mass is 10.1. The Morgan fingerprint density at radius 3 is 2.57 bits per heavy atom. The van der Waals surface area contributed by atoms with Crippen LogP contribution in [0.5, 0.6) is 11.5 Å². The molecule has 154 valence electrons. The summed E-state index contributed by atoms with van der Waals surface area (Å²) in [6, 6.07) is 10.6. The summed E-state index contributed by atoms with van der Waals surface area (Å²) in [5.74, 6) is -0.331. The first-order chi connectivity index (χ1) is 14.3. The second kappa shape index (κ2) is 8.93. The number of carbonyl (C=O) groups excluding carboxylic acids is 2. The number of methoxy groups -OCH3 is 2. The summed E-state index contributed by atoms with van der Waals surface area (Å²) in [7, 11) is 3.02. The Hall–Kier alpha value is -3.44. The number of nitro benzene ring substituents is 1. The maximum Gasteiger partial charge on any atom is 0.285 e. The molecular formula is C19H15N3O6S2. The Bertz CT molecular complexity index is 1090. The van der Waals surface area contributed by atoms with Gasteiger partial charge in [0.25, 0.3) is 17.5 Å². The normalized spacial score (nSPS) is 14.7. The van der Waals surface area contributed by atoms with Gasteiger partial charge in [-0.05, 0) is 42.1 Å². The van der Waals surface area contributed by atoms with Crippen LogP contribution in [-0.4, -0.2) is 40.3 Å². The fourth-order valence-electron chi connectivity index (χ4n) is 2.64. The monoisotopic (exact) mass is 445 g/mol. The highest BCUT2D eigenvalue weighted by molar-refractivity contribution is 8.26. The van der Waals surface area contributed by atoms with E-state index in [0.717, 1.165) is 16.8 Å². The van der Waals surface area contributed by atoms with Crippen LogP contribution in [0.1, 0.15) is 15.9 Å². The maximum atomic E-state index is 12.7. The van der Waals surface area contributed by atoms with E-state index in [1.165, 1.54) is 38.5 Å². The highest BCUT2D eigenvalue weighted by atomic mass is 32.2. The number of thioether (sulfide) groups is 1. The van der Waals surface area contributed by atoms with E-state index in [2.05, 4.69) is 5.43 Å². The number of para-hydroxylation sites is 1. The highest BCUT2D eigenvalue weighted by Gasteiger charge is 2.34. The SMILES string of the molecule is COc1ccc(/C=C2/SC(=S)N(NC(=O)c3ccccc3[N+](=O)[O-])C2=O)cc1OC. The number of thiocarbonyl (C=S) groups is 1. The van der Waals surface area contributed by atoms with Gasteiger partial charge in [-0.25, -0.2) is 0 Å². The predicted octanol–water partition coefficient (Wildman–Crippen LogP) is 3.16.